The van der Waals surface area contributed by atoms with E-state index in [4.69, 9.17) is 5.11 Å². The molecule has 1 heterocycles. The van der Waals surface area contributed by atoms with Crippen molar-refractivity contribution in [2.45, 2.75) is 25.9 Å². The quantitative estimate of drug-likeness (QED) is 0.739. The van der Waals surface area contributed by atoms with Gasteiger partial charge in [0.15, 0.2) is 0 Å². The maximum Gasteiger partial charge on any atom is 0.325 e. The lowest BCUT2D eigenvalue weighted by Gasteiger charge is -2.15. The molecule has 5 nitrogen and oxygen atoms in total. The number of hydrogen-bond donors (Lipinski definition) is 2. The van der Waals surface area contributed by atoms with Gasteiger partial charge in [0.2, 0.25) is 0 Å². The zero-order valence-corrected chi connectivity index (χ0v) is 8.56. The van der Waals surface area contributed by atoms with Crippen molar-refractivity contribution in [1.82, 2.24) is 15.1 Å². The van der Waals surface area contributed by atoms with Crippen LogP contribution >= 0.6 is 0 Å². The van der Waals surface area contributed by atoms with Gasteiger partial charge in [0.1, 0.15) is 6.04 Å². The highest BCUT2D eigenvalue weighted by molar-refractivity contribution is 5.75. The first kappa shape index (κ1) is 10.7. The predicted octanol–water partition coefficient (Wildman–Crippen LogP) is 0.544. The molecule has 5 heteroatoms. The molecule has 0 radical (unpaired) electrons. The third-order valence-electron chi connectivity index (χ3n) is 1.81. The second-order valence-electron chi connectivity index (χ2n) is 3.54. The van der Waals surface area contributed by atoms with Crippen LogP contribution in [-0.2, 0) is 11.8 Å². The van der Waals surface area contributed by atoms with E-state index in [0.717, 1.165) is 0 Å². The van der Waals surface area contributed by atoms with Crippen molar-refractivity contribution < 1.29 is 9.90 Å². The molecule has 0 fully saturated rings. The van der Waals surface area contributed by atoms with Gasteiger partial charge in [0.05, 0.1) is 6.20 Å². The van der Waals surface area contributed by atoms with Crippen LogP contribution in [0, 0.1) is 0 Å². The molecule has 0 aliphatic rings. The molecule has 1 aromatic heterocycles. The van der Waals surface area contributed by atoms with Gasteiger partial charge in [0.25, 0.3) is 0 Å². The lowest BCUT2D eigenvalue weighted by atomic mass is 10.1. The van der Waals surface area contributed by atoms with Gasteiger partial charge in [0, 0.05) is 24.8 Å². The fourth-order valence-corrected chi connectivity index (χ4v) is 1.23. The first-order chi connectivity index (χ1) is 6.50. The number of carboxylic acid groups (broad SMARTS) is 1. The summed E-state index contributed by atoms with van der Waals surface area (Å²) in [7, 11) is 1.76. The topological polar surface area (TPSA) is 67.2 Å². The Morgan fingerprint density at radius 3 is 2.64 bits per heavy atom. The van der Waals surface area contributed by atoms with E-state index in [1.807, 2.05) is 13.8 Å². The normalized spacial score (nSPS) is 13.1. The van der Waals surface area contributed by atoms with E-state index in [9.17, 15) is 4.79 Å². The Morgan fingerprint density at radius 1 is 1.64 bits per heavy atom. The van der Waals surface area contributed by atoms with Gasteiger partial charge in [-0.15, -0.1) is 0 Å². The van der Waals surface area contributed by atoms with Crippen LogP contribution in [0.3, 0.4) is 0 Å². The van der Waals surface area contributed by atoms with Crippen molar-refractivity contribution in [2.24, 2.45) is 7.05 Å². The molecule has 0 spiro atoms. The Morgan fingerprint density at radius 2 is 2.29 bits per heavy atom. The van der Waals surface area contributed by atoms with Gasteiger partial charge < -0.3 is 5.11 Å². The maximum atomic E-state index is 10.9. The van der Waals surface area contributed by atoms with Crippen molar-refractivity contribution >= 4 is 5.97 Å². The van der Waals surface area contributed by atoms with Crippen LogP contribution in [0.5, 0.6) is 0 Å². The molecule has 14 heavy (non-hydrogen) atoms. The van der Waals surface area contributed by atoms with Crippen molar-refractivity contribution in [3.8, 4) is 0 Å². The summed E-state index contributed by atoms with van der Waals surface area (Å²) in [6, 6.07) is -0.556. The largest absolute Gasteiger partial charge is 0.480 e. The summed E-state index contributed by atoms with van der Waals surface area (Å²) in [5.74, 6) is -0.883. The van der Waals surface area contributed by atoms with Crippen molar-refractivity contribution in [3.05, 3.63) is 18.0 Å². The minimum atomic E-state index is -0.883. The minimum absolute atomic E-state index is 0.122. The van der Waals surface area contributed by atoms with Crippen LogP contribution in [0.25, 0.3) is 0 Å². The van der Waals surface area contributed by atoms with Gasteiger partial charge in [-0.3, -0.25) is 14.8 Å². The predicted molar refractivity (Wildman–Crippen MR) is 51.9 cm³/mol. The van der Waals surface area contributed by atoms with Crippen LogP contribution in [0.1, 0.15) is 25.5 Å². The van der Waals surface area contributed by atoms with E-state index in [1.165, 1.54) is 0 Å². The summed E-state index contributed by atoms with van der Waals surface area (Å²) >= 11 is 0. The third-order valence-corrected chi connectivity index (χ3v) is 1.81. The van der Waals surface area contributed by atoms with Crippen molar-refractivity contribution in [2.75, 3.05) is 0 Å². The summed E-state index contributed by atoms with van der Waals surface area (Å²) in [4.78, 5) is 10.9. The molecule has 1 atom stereocenters. The van der Waals surface area contributed by atoms with Crippen LogP contribution in [0.15, 0.2) is 12.4 Å². The molecule has 2 N–H and O–H groups in total. The first-order valence-corrected chi connectivity index (χ1v) is 4.48. The molecule has 0 bridgehead atoms. The zero-order valence-electron chi connectivity index (χ0n) is 8.56. The van der Waals surface area contributed by atoms with Gasteiger partial charge in [-0.05, 0) is 13.8 Å². The maximum absolute atomic E-state index is 10.9. The van der Waals surface area contributed by atoms with Crippen LogP contribution < -0.4 is 5.32 Å². The molecule has 1 rings (SSSR count). The van der Waals surface area contributed by atoms with Gasteiger partial charge in [-0.1, -0.05) is 0 Å². The monoisotopic (exact) mass is 197 g/mol. The SMILES string of the molecule is CC(C)NC(C(=O)O)c1cnn(C)c1. The highest BCUT2D eigenvalue weighted by Crippen LogP contribution is 2.12. The summed E-state index contributed by atoms with van der Waals surface area (Å²) < 4.78 is 1.59. The number of carboxylic acids is 1. The van der Waals surface area contributed by atoms with E-state index in [1.54, 1.807) is 24.1 Å². The Hall–Kier alpha value is -1.36. The van der Waals surface area contributed by atoms with E-state index < -0.39 is 12.0 Å². The average molecular weight is 197 g/mol. The smallest absolute Gasteiger partial charge is 0.325 e. The van der Waals surface area contributed by atoms with E-state index in [-0.39, 0.29) is 6.04 Å². The van der Waals surface area contributed by atoms with E-state index >= 15 is 0 Å². The second-order valence-corrected chi connectivity index (χ2v) is 3.54. The lowest BCUT2D eigenvalue weighted by molar-refractivity contribution is -0.139. The molecule has 0 amide bonds. The summed E-state index contributed by atoms with van der Waals surface area (Å²) in [5, 5.41) is 15.9. The van der Waals surface area contributed by atoms with Gasteiger partial charge in [-0.2, -0.15) is 5.10 Å². The second kappa shape index (κ2) is 4.23. The first-order valence-electron chi connectivity index (χ1n) is 4.48. The lowest BCUT2D eigenvalue weighted by Crippen LogP contribution is -2.33. The van der Waals surface area contributed by atoms with E-state index in [2.05, 4.69) is 10.4 Å². The van der Waals surface area contributed by atoms with Crippen LogP contribution in [-0.4, -0.2) is 26.9 Å². The summed E-state index contributed by atoms with van der Waals surface area (Å²) in [5.41, 5.74) is 0.675. The molecule has 0 aromatic carbocycles. The highest BCUT2D eigenvalue weighted by Gasteiger charge is 2.21. The number of aryl methyl sites for hydroxylation is 1. The third kappa shape index (κ3) is 2.56. The zero-order chi connectivity index (χ0) is 10.7. The summed E-state index contributed by atoms with van der Waals surface area (Å²) in [6.45, 7) is 3.82. The van der Waals surface area contributed by atoms with E-state index in [0.29, 0.717) is 5.56 Å². The molecule has 78 valence electrons. The van der Waals surface area contributed by atoms with Crippen LogP contribution in [0.2, 0.25) is 0 Å². The molecular weight excluding hydrogens is 182 g/mol. The van der Waals surface area contributed by atoms with Crippen LogP contribution in [0.4, 0.5) is 0 Å². The van der Waals surface area contributed by atoms with Gasteiger partial charge >= 0.3 is 5.97 Å². The highest BCUT2D eigenvalue weighted by atomic mass is 16.4. The number of carbonyl (C=O) groups is 1. The molecule has 1 unspecified atom stereocenters. The number of rotatable bonds is 4. The number of hydrogen-bond acceptors (Lipinski definition) is 3. The Kier molecular flexibility index (Phi) is 3.24. The standard InChI is InChI=1S/C9H15N3O2/c1-6(2)11-8(9(13)14)7-4-10-12(3)5-7/h4-6,8,11H,1-3H3,(H,13,14). The molecule has 0 aliphatic carbocycles. The Bertz CT molecular complexity index is 320. The van der Waals surface area contributed by atoms with Gasteiger partial charge in [-0.25, -0.2) is 0 Å². The molecule has 1 aromatic rings. The average Bonchev–Trinajstić information content (AvgIpc) is 2.46. The number of aromatic nitrogens is 2. The molecule has 0 aliphatic heterocycles. The molecular formula is C9H15N3O2. The number of aliphatic carboxylic acids is 1. The molecule has 0 saturated heterocycles. The molecule has 0 saturated carbocycles. The fourth-order valence-electron chi connectivity index (χ4n) is 1.23. The van der Waals surface area contributed by atoms with Crippen molar-refractivity contribution in [1.29, 1.82) is 0 Å². The number of nitrogens with one attached hydrogen (secondary N) is 1. The van der Waals surface area contributed by atoms with Crippen molar-refractivity contribution in [3.63, 3.8) is 0 Å². The Labute approximate surface area is 82.7 Å². The Balaban J connectivity index is 2.83. The minimum Gasteiger partial charge on any atom is -0.480 e. The number of nitrogens with zero attached hydrogens (tertiary/aromatic N) is 2. The summed E-state index contributed by atoms with van der Waals surface area (Å²) in [6.07, 6.45) is 3.27. The fraction of sp³-hybridized carbons (Fsp3) is 0.556.